The van der Waals surface area contributed by atoms with Crippen LogP contribution >= 0.6 is 11.6 Å². The average Bonchev–Trinajstić information content (AvgIpc) is 2.51. The number of nitrogens with zero attached hydrogens (tertiary/aromatic N) is 1. The van der Waals surface area contributed by atoms with Gasteiger partial charge in [-0.15, -0.1) is 0 Å². The second kappa shape index (κ2) is 5.34. The zero-order valence-electron chi connectivity index (χ0n) is 11.4. The van der Waals surface area contributed by atoms with E-state index in [1.54, 1.807) is 10.6 Å². The smallest absolute Gasteiger partial charge is 0.264 e. The fraction of sp³-hybridized carbons (Fsp3) is 0.118. The fourth-order valence-electron chi connectivity index (χ4n) is 2.52. The number of aromatic nitrogens is 1. The Bertz CT molecular complexity index is 871. The Kier molecular flexibility index (Phi) is 3.52. The maximum Gasteiger partial charge on any atom is 0.264 e. The summed E-state index contributed by atoms with van der Waals surface area (Å²) in [5.74, 6) is -0.429. The van der Waals surface area contributed by atoms with E-state index in [1.165, 1.54) is 12.1 Å². The molecule has 1 aromatic heterocycles. The second-order valence-corrected chi connectivity index (χ2v) is 5.19. The van der Waals surface area contributed by atoms with Crippen LogP contribution in [0, 0.1) is 5.82 Å². The molecule has 2 nitrogen and oxygen atoms in total. The molecule has 3 aromatic rings. The number of benzene rings is 2. The molecular weight excluding hydrogens is 289 g/mol. The van der Waals surface area contributed by atoms with Gasteiger partial charge in [0, 0.05) is 16.8 Å². The molecule has 4 heteroatoms. The zero-order chi connectivity index (χ0) is 15.0. The van der Waals surface area contributed by atoms with Gasteiger partial charge in [0.1, 0.15) is 5.82 Å². The van der Waals surface area contributed by atoms with E-state index in [-0.39, 0.29) is 21.4 Å². The highest BCUT2D eigenvalue weighted by Crippen LogP contribution is 2.25. The van der Waals surface area contributed by atoms with Gasteiger partial charge in [-0.05, 0) is 36.8 Å². The molecule has 0 aliphatic heterocycles. The fourth-order valence-corrected chi connectivity index (χ4v) is 2.77. The second-order valence-electron chi connectivity index (χ2n) is 4.78. The zero-order valence-corrected chi connectivity index (χ0v) is 12.2. The van der Waals surface area contributed by atoms with Crippen LogP contribution in [-0.4, -0.2) is 4.57 Å². The first-order valence-corrected chi connectivity index (χ1v) is 7.09. The van der Waals surface area contributed by atoms with Gasteiger partial charge in [0.05, 0.1) is 10.4 Å². The Morgan fingerprint density at radius 2 is 1.86 bits per heavy atom. The van der Waals surface area contributed by atoms with Gasteiger partial charge in [-0.25, -0.2) is 4.39 Å². The standard InChI is InChI=1S/C17H13ClFNO/c1-2-11-10-13-15(19)9-8-14(18)16(13)17(21)20(11)12-6-4-3-5-7-12/h3-10H,2H2,1H3. The third kappa shape index (κ3) is 2.24. The van der Waals surface area contributed by atoms with Crippen LogP contribution in [0.1, 0.15) is 12.6 Å². The van der Waals surface area contributed by atoms with Crippen molar-refractivity contribution in [1.82, 2.24) is 4.57 Å². The molecule has 0 atom stereocenters. The van der Waals surface area contributed by atoms with Crippen LogP contribution in [0.5, 0.6) is 0 Å². The van der Waals surface area contributed by atoms with Crippen molar-refractivity contribution in [2.75, 3.05) is 0 Å². The molecule has 0 aliphatic carbocycles. The van der Waals surface area contributed by atoms with E-state index in [0.717, 1.165) is 11.4 Å². The molecule has 0 unspecified atom stereocenters. The Hall–Kier alpha value is -2.13. The van der Waals surface area contributed by atoms with Crippen molar-refractivity contribution in [2.24, 2.45) is 0 Å². The lowest BCUT2D eigenvalue weighted by atomic mass is 10.1. The van der Waals surface area contributed by atoms with Crippen LogP contribution in [-0.2, 0) is 6.42 Å². The topological polar surface area (TPSA) is 22.0 Å². The number of pyridine rings is 1. The summed E-state index contributed by atoms with van der Waals surface area (Å²) in [5, 5.41) is 0.762. The summed E-state index contributed by atoms with van der Waals surface area (Å²) in [6.45, 7) is 1.93. The highest BCUT2D eigenvalue weighted by Gasteiger charge is 2.15. The molecule has 106 valence electrons. The molecular formula is C17H13ClFNO. The van der Waals surface area contributed by atoms with Crippen molar-refractivity contribution in [3.05, 3.63) is 75.4 Å². The molecule has 0 amide bonds. The lowest BCUT2D eigenvalue weighted by Crippen LogP contribution is -2.22. The summed E-state index contributed by atoms with van der Waals surface area (Å²) >= 11 is 6.11. The van der Waals surface area contributed by atoms with Gasteiger partial charge in [-0.2, -0.15) is 0 Å². The normalized spacial score (nSPS) is 11.0. The molecule has 3 rings (SSSR count). The minimum absolute atomic E-state index is 0.220. The molecule has 0 N–H and O–H groups in total. The predicted octanol–water partition coefficient (Wildman–Crippen LogP) is 4.35. The summed E-state index contributed by atoms with van der Waals surface area (Å²) in [4.78, 5) is 12.8. The number of hydrogen-bond donors (Lipinski definition) is 0. The Balaban J connectivity index is 2.48. The van der Waals surface area contributed by atoms with E-state index in [2.05, 4.69) is 0 Å². The van der Waals surface area contributed by atoms with Crippen molar-refractivity contribution in [1.29, 1.82) is 0 Å². The largest absolute Gasteiger partial charge is 0.281 e. The number of aryl methyl sites for hydroxylation is 1. The summed E-state index contributed by atoms with van der Waals surface area (Å²) in [6.07, 6.45) is 0.617. The molecule has 0 fully saturated rings. The molecule has 0 saturated heterocycles. The van der Waals surface area contributed by atoms with E-state index in [1.807, 2.05) is 37.3 Å². The third-order valence-corrected chi connectivity index (χ3v) is 3.85. The first-order valence-electron chi connectivity index (χ1n) is 6.71. The summed E-state index contributed by atoms with van der Waals surface area (Å²) in [6, 6.07) is 13.7. The number of para-hydroxylation sites is 1. The number of rotatable bonds is 2. The van der Waals surface area contributed by atoms with Gasteiger partial charge < -0.3 is 0 Å². The van der Waals surface area contributed by atoms with E-state index >= 15 is 0 Å². The van der Waals surface area contributed by atoms with Gasteiger partial charge in [0.2, 0.25) is 0 Å². The average molecular weight is 302 g/mol. The van der Waals surface area contributed by atoms with Gasteiger partial charge >= 0.3 is 0 Å². The first-order chi connectivity index (χ1) is 10.1. The van der Waals surface area contributed by atoms with Crippen LogP contribution in [0.3, 0.4) is 0 Å². The SMILES string of the molecule is CCc1cc2c(F)ccc(Cl)c2c(=O)n1-c1ccccc1. The lowest BCUT2D eigenvalue weighted by Gasteiger charge is -2.14. The van der Waals surface area contributed by atoms with Crippen LogP contribution in [0.2, 0.25) is 5.02 Å². The quantitative estimate of drug-likeness (QED) is 0.690. The van der Waals surface area contributed by atoms with Crippen molar-refractivity contribution in [3.8, 4) is 5.69 Å². The minimum atomic E-state index is -0.429. The lowest BCUT2D eigenvalue weighted by molar-refractivity contribution is 0.639. The van der Waals surface area contributed by atoms with E-state index in [4.69, 9.17) is 11.6 Å². The highest BCUT2D eigenvalue weighted by molar-refractivity contribution is 6.35. The van der Waals surface area contributed by atoms with Crippen LogP contribution in [0.4, 0.5) is 4.39 Å². The first kappa shape index (κ1) is 13.8. The summed E-state index contributed by atoms with van der Waals surface area (Å²) < 4.78 is 15.6. The molecule has 0 bridgehead atoms. The molecule has 0 saturated carbocycles. The van der Waals surface area contributed by atoms with Gasteiger partial charge in [-0.3, -0.25) is 9.36 Å². The Morgan fingerprint density at radius 1 is 1.14 bits per heavy atom. The van der Waals surface area contributed by atoms with Crippen LogP contribution in [0.15, 0.2) is 53.3 Å². The Labute approximate surface area is 126 Å². The van der Waals surface area contributed by atoms with E-state index in [9.17, 15) is 9.18 Å². The maximum absolute atomic E-state index is 14.0. The van der Waals surface area contributed by atoms with E-state index < -0.39 is 5.82 Å². The number of fused-ring (bicyclic) bond motifs is 1. The molecule has 21 heavy (non-hydrogen) atoms. The van der Waals surface area contributed by atoms with Gasteiger partial charge in [-0.1, -0.05) is 36.7 Å². The molecule has 0 spiro atoms. The number of hydrogen-bond acceptors (Lipinski definition) is 1. The van der Waals surface area contributed by atoms with Gasteiger partial charge in [0.25, 0.3) is 5.56 Å². The molecule has 0 radical (unpaired) electrons. The minimum Gasteiger partial charge on any atom is -0.281 e. The molecule has 1 heterocycles. The van der Waals surface area contributed by atoms with Crippen LogP contribution < -0.4 is 5.56 Å². The Morgan fingerprint density at radius 3 is 2.52 bits per heavy atom. The highest BCUT2D eigenvalue weighted by atomic mass is 35.5. The molecule has 0 aliphatic rings. The van der Waals surface area contributed by atoms with E-state index in [0.29, 0.717) is 6.42 Å². The van der Waals surface area contributed by atoms with Crippen molar-refractivity contribution in [3.63, 3.8) is 0 Å². The van der Waals surface area contributed by atoms with Crippen molar-refractivity contribution < 1.29 is 4.39 Å². The van der Waals surface area contributed by atoms with Crippen molar-refractivity contribution in [2.45, 2.75) is 13.3 Å². The maximum atomic E-state index is 14.0. The van der Waals surface area contributed by atoms with Crippen LogP contribution in [0.25, 0.3) is 16.5 Å². The van der Waals surface area contributed by atoms with Crippen molar-refractivity contribution >= 4 is 22.4 Å². The predicted molar refractivity (Wildman–Crippen MR) is 83.9 cm³/mol. The molecule has 2 aromatic carbocycles. The summed E-state index contributed by atoms with van der Waals surface area (Å²) in [7, 11) is 0. The van der Waals surface area contributed by atoms with Gasteiger partial charge in [0.15, 0.2) is 0 Å². The monoisotopic (exact) mass is 301 g/mol. The summed E-state index contributed by atoms with van der Waals surface area (Å²) in [5.41, 5.74) is 1.21. The third-order valence-electron chi connectivity index (χ3n) is 3.53. The number of halogens is 2.